The van der Waals surface area contributed by atoms with Crippen molar-refractivity contribution in [3.8, 4) is 22.8 Å². The van der Waals surface area contributed by atoms with Crippen LogP contribution in [-0.2, 0) is 6.54 Å². The fourth-order valence-corrected chi connectivity index (χ4v) is 3.86. The van der Waals surface area contributed by atoms with Gasteiger partial charge in [0.15, 0.2) is 5.65 Å². The maximum absolute atomic E-state index is 6.28. The van der Waals surface area contributed by atoms with Crippen molar-refractivity contribution in [3.05, 3.63) is 72.4 Å². The molecule has 0 unspecified atom stereocenters. The van der Waals surface area contributed by atoms with Crippen molar-refractivity contribution in [3.63, 3.8) is 0 Å². The lowest BCUT2D eigenvalue weighted by Gasteiger charge is -2.17. The lowest BCUT2D eigenvalue weighted by molar-refractivity contribution is 0.321. The van der Waals surface area contributed by atoms with Crippen LogP contribution >= 0.6 is 0 Å². The Morgan fingerprint density at radius 2 is 1.84 bits per heavy atom. The van der Waals surface area contributed by atoms with Crippen LogP contribution in [0.5, 0.6) is 11.5 Å². The second-order valence-electron chi connectivity index (χ2n) is 8.63. The molecule has 2 aromatic heterocycles. The number of unbranched alkanes of at least 4 members (excludes halogenated alkanes) is 1. The predicted molar refractivity (Wildman–Crippen MR) is 131 cm³/mol. The third-order valence-corrected chi connectivity index (χ3v) is 5.56. The van der Waals surface area contributed by atoms with E-state index < -0.39 is 0 Å². The van der Waals surface area contributed by atoms with Crippen LogP contribution in [0.2, 0.25) is 0 Å². The summed E-state index contributed by atoms with van der Waals surface area (Å²) < 4.78 is 8.24. The highest BCUT2D eigenvalue weighted by molar-refractivity contribution is 5.85. The Morgan fingerprint density at radius 1 is 1.03 bits per heavy atom. The Morgan fingerprint density at radius 3 is 2.59 bits per heavy atom. The molecule has 0 radical (unpaired) electrons. The van der Waals surface area contributed by atoms with E-state index in [0.717, 1.165) is 46.9 Å². The van der Waals surface area contributed by atoms with Crippen molar-refractivity contribution in [1.29, 1.82) is 0 Å². The molecule has 2 heterocycles. The summed E-state index contributed by atoms with van der Waals surface area (Å²) in [6.45, 7) is 8.49. The molecule has 32 heavy (non-hydrogen) atoms. The average molecular weight is 429 g/mol. The molecule has 5 nitrogen and oxygen atoms in total. The van der Waals surface area contributed by atoms with Gasteiger partial charge < -0.3 is 9.64 Å². The first-order valence-electron chi connectivity index (χ1n) is 11.4. The predicted octanol–water partition coefficient (Wildman–Crippen LogP) is 6.70. The molecule has 5 heteroatoms. The number of hydrogen-bond donors (Lipinski definition) is 0. The first kappa shape index (κ1) is 22.0. The molecule has 2 aromatic carbocycles. The number of para-hydroxylation sites is 1. The molecule has 0 fully saturated rings. The quantitative estimate of drug-likeness (QED) is 0.297. The summed E-state index contributed by atoms with van der Waals surface area (Å²) in [4.78, 5) is 7.38. The Kier molecular flexibility index (Phi) is 6.86. The third-order valence-electron chi connectivity index (χ3n) is 5.56. The Balaban J connectivity index is 1.74. The molecule has 4 aromatic rings. The molecule has 0 bridgehead atoms. The van der Waals surface area contributed by atoms with Gasteiger partial charge in [0.2, 0.25) is 0 Å². The summed E-state index contributed by atoms with van der Waals surface area (Å²) in [6, 6.07) is 20.8. The number of ether oxygens (including phenoxy) is 1. The Hall–Kier alpha value is -3.18. The number of benzene rings is 2. The van der Waals surface area contributed by atoms with E-state index in [-0.39, 0.29) is 6.04 Å². The SMILES string of the molecule is CCCCN(C)Cc1cccc(-c2cc(Oc3ccccc3)c3cnn(C(C)C)c3n2)c1. The van der Waals surface area contributed by atoms with Gasteiger partial charge in [0.05, 0.1) is 17.3 Å². The molecule has 0 aliphatic carbocycles. The van der Waals surface area contributed by atoms with Crippen LogP contribution in [0.25, 0.3) is 22.3 Å². The molecule has 0 saturated heterocycles. The zero-order valence-electron chi connectivity index (χ0n) is 19.5. The maximum atomic E-state index is 6.28. The first-order chi connectivity index (χ1) is 15.5. The van der Waals surface area contributed by atoms with Crippen molar-refractivity contribution in [2.24, 2.45) is 0 Å². The van der Waals surface area contributed by atoms with Crippen LogP contribution in [0.3, 0.4) is 0 Å². The van der Waals surface area contributed by atoms with Gasteiger partial charge in [0.1, 0.15) is 11.5 Å². The van der Waals surface area contributed by atoms with Crippen molar-refractivity contribution >= 4 is 11.0 Å². The van der Waals surface area contributed by atoms with E-state index in [9.17, 15) is 0 Å². The van der Waals surface area contributed by atoms with Crippen molar-refractivity contribution in [1.82, 2.24) is 19.7 Å². The van der Waals surface area contributed by atoms with Crippen LogP contribution in [0, 0.1) is 0 Å². The summed E-state index contributed by atoms with van der Waals surface area (Å²) in [7, 11) is 2.18. The number of aromatic nitrogens is 3. The minimum Gasteiger partial charge on any atom is -0.456 e. The normalized spacial score (nSPS) is 11.6. The second kappa shape index (κ2) is 9.96. The van der Waals surface area contributed by atoms with Crippen molar-refractivity contribution in [2.75, 3.05) is 13.6 Å². The molecular weight excluding hydrogens is 396 g/mol. The lowest BCUT2D eigenvalue weighted by atomic mass is 10.1. The van der Waals surface area contributed by atoms with Crippen LogP contribution < -0.4 is 4.74 Å². The van der Waals surface area contributed by atoms with Crippen molar-refractivity contribution < 1.29 is 4.74 Å². The van der Waals surface area contributed by atoms with Gasteiger partial charge in [-0.3, -0.25) is 0 Å². The van der Waals surface area contributed by atoms with Gasteiger partial charge in [-0.2, -0.15) is 5.10 Å². The third kappa shape index (κ3) is 5.00. The molecule has 0 atom stereocenters. The van der Waals surface area contributed by atoms with Gasteiger partial charge in [-0.1, -0.05) is 49.7 Å². The molecule has 4 rings (SSSR count). The molecule has 0 aliphatic rings. The summed E-state index contributed by atoms with van der Waals surface area (Å²) >= 11 is 0. The van der Waals surface area contributed by atoms with E-state index in [1.807, 2.05) is 47.3 Å². The summed E-state index contributed by atoms with van der Waals surface area (Å²) in [5.74, 6) is 1.57. The second-order valence-corrected chi connectivity index (χ2v) is 8.63. The molecule has 166 valence electrons. The van der Waals surface area contributed by atoms with E-state index in [1.54, 1.807) is 0 Å². The first-order valence-corrected chi connectivity index (χ1v) is 11.4. The van der Waals surface area contributed by atoms with Crippen LogP contribution in [0.4, 0.5) is 0 Å². The fourth-order valence-electron chi connectivity index (χ4n) is 3.86. The highest BCUT2D eigenvalue weighted by Crippen LogP contribution is 2.34. The van der Waals surface area contributed by atoms with Gasteiger partial charge in [0.25, 0.3) is 0 Å². The highest BCUT2D eigenvalue weighted by Gasteiger charge is 2.16. The topological polar surface area (TPSA) is 43.2 Å². The van der Waals surface area contributed by atoms with Gasteiger partial charge >= 0.3 is 0 Å². The summed E-state index contributed by atoms with van der Waals surface area (Å²) in [6.07, 6.45) is 4.28. The fraction of sp³-hybridized carbons (Fsp3) is 0.333. The van der Waals surface area contributed by atoms with E-state index in [4.69, 9.17) is 9.72 Å². The number of nitrogens with zero attached hydrogens (tertiary/aromatic N) is 4. The van der Waals surface area contributed by atoms with E-state index >= 15 is 0 Å². The number of rotatable bonds is 9. The Labute approximate surface area is 190 Å². The molecule has 0 aliphatic heterocycles. The number of hydrogen-bond acceptors (Lipinski definition) is 4. The summed E-state index contributed by atoms with van der Waals surface area (Å²) in [5.41, 5.74) is 4.10. The molecule has 0 N–H and O–H groups in total. The number of fused-ring (bicyclic) bond motifs is 1. The zero-order valence-corrected chi connectivity index (χ0v) is 19.5. The molecular formula is C27H32N4O. The van der Waals surface area contributed by atoms with Crippen LogP contribution in [0.15, 0.2) is 66.9 Å². The highest BCUT2D eigenvalue weighted by atomic mass is 16.5. The standard InChI is InChI=1S/C27H32N4O/c1-5-6-15-30(4)19-21-11-10-12-22(16-21)25-17-26(32-23-13-8-7-9-14-23)24-18-28-31(20(2)3)27(24)29-25/h7-14,16-18,20H,5-6,15,19H2,1-4H3. The smallest absolute Gasteiger partial charge is 0.162 e. The lowest BCUT2D eigenvalue weighted by Crippen LogP contribution is -2.18. The van der Waals surface area contributed by atoms with Gasteiger partial charge in [-0.25, -0.2) is 9.67 Å². The minimum atomic E-state index is 0.207. The maximum Gasteiger partial charge on any atom is 0.162 e. The van der Waals surface area contributed by atoms with Gasteiger partial charge in [-0.15, -0.1) is 0 Å². The van der Waals surface area contributed by atoms with Gasteiger partial charge in [0, 0.05) is 24.2 Å². The largest absolute Gasteiger partial charge is 0.456 e. The van der Waals surface area contributed by atoms with Crippen LogP contribution in [-0.4, -0.2) is 33.3 Å². The number of pyridine rings is 1. The zero-order chi connectivity index (χ0) is 22.5. The van der Waals surface area contributed by atoms with Crippen LogP contribution in [0.1, 0.15) is 45.2 Å². The Bertz CT molecular complexity index is 1170. The van der Waals surface area contributed by atoms with Gasteiger partial charge in [-0.05, 0) is 57.6 Å². The molecule has 0 spiro atoms. The minimum absolute atomic E-state index is 0.207. The average Bonchev–Trinajstić information content (AvgIpc) is 3.23. The van der Waals surface area contributed by atoms with E-state index in [1.165, 1.54) is 18.4 Å². The van der Waals surface area contributed by atoms with E-state index in [0.29, 0.717) is 0 Å². The van der Waals surface area contributed by atoms with E-state index in [2.05, 4.69) is 62.1 Å². The molecule has 0 amide bonds. The molecule has 0 saturated carbocycles. The summed E-state index contributed by atoms with van der Waals surface area (Å²) in [5, 5.41) is 5.50. The van der Waals surface area contributed by atoms with Crippen molar-refractivity contribution in [2.45, 2.75) is 46.2 Å². The monoisotopic (exact) mass is 428 g/mol.